The van der Waals surface area contributed by atoms with Crippen molar-refractivity contribution < 1.29 is 9.32 Å². The first-order valence-electron chi connectivity index (χ1n) is 7.69. The summed E-state index contributed by atoms with van der Waals surface area (Å²) in [5, 5.41) is 7.08. The van der Waals surface area contributed by atoms with E-state index in [0.29, 0.717) is 11.6 Å². The predicted molar refractivity (Wildman–Crippen MR) is 84.6 cm³/mol. The molecule has 1 atom stereocenters. The van der Waals surface area contributed by atoms with Crippen LogP contribution in [0.15, 0.2) is 26.8 Å². The predicted octanol–water partition coefficient (Wildman–Crippen LogP) is 1.79. The highest BCUT2D eigenvalue weighted by molar-refractivity contribution is 7.99. The molecule has 8 heteroatoms. The highest BCUT2D eigenvalue weighted by atomic mass is 32.2. The van der Waals surface area contributed by atoms with Crippen LogP contribution in [0.2, 0.25) is 0 Å². The molecule has 2 aromatic heterocycles. The number of aromatic nitrogens is 3. The zero-order valence-corrected chi connectivity index (χ0v) is 13.3. The molecule has 3 heterocycles. The SMILES string of the molecule is O=C(CC1CSc2nc3c(c(=O)n21)CCCC3)Nc1ccon1. The lowest BCUT2D eigenvalue weighted by atomic mass is 9.97. The van der Waals surface area contributed by atoms with Gasteiger partial charge in [-0.25, -0.2) is 4.98 Å². The Labute approximate surface area is 136 Å². The quantitative estimate of drug-likeness (QED) is 0.862. The summed E-state index contributed by atoms with van der Waals surface area (Å²) in [5.74, 6) is 0.899. The lowest BCUT2D eigenvalue weighted by molar-refractivity contribution is -0.116. The summed E-state index contributed by atoms with van der Waals surface area (Å²) >= 11 is 1.55. The number of hydrogen-bond donors (Lipinski definition) is 1. The molecule has 1 amide bonds. The van der Waals surface area contributed by atoms with E-state index in [-0.39, 0.29) is 23.9 Å². The van der Waals surface area contributed by atoms with Crippen molar-refractivity contribution in [3.63, 3.8) is 0 Å². The highest BCUT2D eigenvalue weighted by Gasteiger charge is 2.30. The maximum absolute atomic E-state index is 12.8. The van der Waals surface area contributed by atoms with Gasteiger partial charge in [-0.05, 0) is 25.7 Å². The molecule has 2 aliphatic rings. The fourth-order valence-corrected chi connectivity index (χ4v) is 4.30. The van der Waals surface area contributed by atoms with Crippen molar-refractivity contribution in [1.29, 1.82) is 0 Å². The van der Waals surface area contributed by atoms with Gasteiger partial charge in [-0.1, -0.05) is 16.9 Å². The third-order valence-electron chi connectivity index (χ3n) is 4.25. The molecule has 23 heavy (non-hydrogen) atoms. The normalized spacial score (nSPS) is 19.2. The number of fused-ring (bicyclic) bond motifs is 2. The number of carbonyl (C=O) groups is 1. The maximum atomic E-state index is 12.8. The van der Waals surface area contributed by atoms with Crippen LogP contribution in [0, 0.1) is 0 Å². The van der Waals surface area contributed by atoms with Crippen molar-refractivity contribution in [2.75, 3.05) is 11.1 Å². The van der Waals surface area contributed by atoms with Crippen LogP contribution in [0.25, 0.3) is 0 Å². The van der Waals surface area contributed by atoms with Gasteiger partial charge in [-0.3, -0.25) is 14.2 Å². The third kappa shape index (κ3) is 2.67. The fourth-order valence-electron chi connectivity index (χ4n) is 3.15. The highest BCUT2D eigenvalue weighted by Crippen LogP contribution is 2.33. The third-order valence-corrected chi connectivity index (χ3v) is 5.35. The number of hydrogen-bond acceptors (Lipinski definition) is 6. The Bertz CT molecular complexity index is 800. The van der Waals surface area contributed by atoms with E-state index in [2.05, 4.69) is 20.0 Å². The zero-order valence-electron chi connectivity index (χ0n) is 12.4. The van der Waals surface area contributed by atoms with E-state index in [1.54, 1.807) is 22.4 Å². The van der Waals surface area contributed by atoms with Gasteiger partial charge in [0.2, 0.25) is 5.91 Å². The van der Waals surface area contributed by atoms with E-state index < -0.39 is 0 Å². The lowest BCUT2D eigenvalue weighted by Gasteiger charge is -2.18. The van der Waals surface area contributed by atoms with Gasteiger partial charge < -0.3 is 9.84 Å². The van der Waals surface area contributed by atoms with Crippen LogP contribution in [0.4, 0.5) is 5.82 Å². The molecule has 1 aliphatic carbocycles. The molecular weight excluding hydrogens is 316 g/mol. The molecular formula is C15H16N4O3S. The first kappa shape index (κ1) is 14.5. The van der Waals surface area contributed by atoms with Gasteiger partial charge in [-0.2, -0.15) is 0 Å². The van der Waals surface area contributed by atoms with E-state index in [1.807, 2.05) is 0 Å². The van der Waals surface area contributed by atoms with Crippen LogP contribution in [0.5, 0.6) is 0 Å². The Morgan fingerprint density at radius 1 is 1.43 bits per heavy atom. The van der Waals surface area contributed by atoms with Crippen LogP contribution < -0.4 is 10.9 Å². The molecule has 0 fully saturated rings. The Morgan fingerprint density at radius 2 is 2.30 bits per heavy atom. The molecule has 1 unspecified atom stereocenters. The van der Waals surface area contributed by atoms with Gasteiger partial charge in [-0.15, -0.1) is 0 Å². The summed E-state index contributed by atoms with van der Waals surface area (Å²) in [6.45, 7) is 0. The molecule has 0 aromatic carbocycles. The van der Waals surface area contributed by atoms with Gasteiger partial charge >= 0.3 is 0 Å². The van der Waals surface area contributed by atoms with Crippen LogP contribution >= 0.6 is 11.8 Å². The molecule has 0 saturated heterocycles. The van der Waals surface area contributed by atoms with E-state index in [0.717, 1.165) is 42.1 Å². The first-order valence-corrected chi connectivity index (χ1v) is 8.68. The molecule has 0 bridgehead atoms. The second kappa shape index (κ2) is 5.84. The van der Waals surface area contributed by atoms with E-state index in [9.17, 15) is 9.59 Å². The summed E-state index contributed by atoms with van der Waals surface area (Å²) in [6, 6.07) is 1.42. The van der Waals surface area contributed by atoms with Gasteiger partial charge in [0.15, 0.2) is 11.0 Å². The minimum atomic E-state index is -0.179. The van der Waals surface area contributed by atoms with Gasteiger partial charge in [0.1, 0.15) is 6.26 Å². The molecule has 0 radical (unpaired) electrons. The lowest BCUT2D eigenvalue weighted by Crippen LogP contribution is -2.32. The Kier molecular flexibility index (Phi) is 3.68. The number of thioether (sulfide) groups is 1. The summed E-state index contributed by atoms with van der Waals surface area (Å²) in [4.78, 5) is 29.6. The molecule has 2 aromatic rings. The summed E-state index contributed by atoms with van der Waals surface area (Å²) in [7, 11) is 0. The van der Waals surface area contributed by atoms with Gasteiger partial charge in [0.05, 0.1) is 11.7 Å². The van der Waals surface area contributed by atoms with Crippen molar-refractivity contribution in [2.24, 2.45) is 0 Å². The van der Waals surface area contributed by atoms with Crippen molar-refractivity contribution in [3.05, 3.63) is 33.9 Å². The molecule has 0 saturated carbocycles. The smallest absolute Gasteiger partial charge is 0.257 e. The largest absolute Gasteiger partial charge is 0.363 e. The monoisotopic (exact) mass is 332 g/mol. The minimum Gasteiger partial charge on any atom is -0.363 e. The number of rotatable bonds is 3. The first-order chi connectivity index (χ1) is 11.2. The molecule has 120 valence electrons. The van der Waals surface area contributed by atoms with Crippen LogP contribution in [0.3, 0.4) is 0 Å². The van der Waals surface area contributed by atoms with Gasteiger partial charge in [0.25, 0.3) is 5.56 Å². The van der Waals surface area contributed by atoms with E-state index in [1.165, 1.54) is 6.26 Å². The number of nitrogens with zero attached hydrogens (tertiary/aromatic N) is 3. The zero-order chi connectivity index (χ0) is 15.8. The Hall–Kier alpha value is -2.09. The number of amides is 1. The van der Waals surface area contributed by atoms with Crippen LogP contribution in [0.1, 0.15) is 36.6 Å². The molecule has 7 nitrogen and oxygen atoms in total. The summed E-state index contributed by atoms with van der Waals surface area (Å²) < 4.78 is 6.39. The Balaban J connectivity index is 1.58. The molecule has 4 rings (SSSR count). The average Bonchev–Trinajstić information content (AvgIpc) is 3.18. The molecule has 1 N–H and O–H groups in total. The van der Waals surface area contributed by atoms with Crippen LogP contribution in [-0.2, 0) is 17.6 Å². The topological polar surface area (TPSA) is 90.0 Å². The van der Waals surface area contributed by atoms with Crippen LogP contribution in [-0.4, -0.2) is 26.4 Å². The second-order valence-corrected chi connectivity index (χ2v) is 6.79. The number of aryl methyl sites for hydroxylation is 1. The van der Waals surface area contributed by atoms with Crippen molar-refractivity contribution in [1.82, 2.24) is 14.7 Å². The second-order valence-electron chi connectivity index (χ2n) is 5.80. The van der Waals surface area contributed by atoms with E-state index >= 15 is 0 Å². The minimum absolute atomic E-state index is 0.0361. The number of nitrogens with one attached hydrogen (secondary N) is 1. The summed E-state index contributed by atoms with van der Waals surface area (Å²) in [5.41, 5.74) is 1.83. The van der Waals surface area contributed by atoms with Crippen molar-refractivity contribution in [2.45, 2.75) is 43.3 Å². The van der Waals surface area contributed by atoms with E-state index in [4.69, 9.17) is 0 Å². The standard InChI is InChI=1S/C15H16N4O3S/c20-13(17-12-5-6-22-18-12)7-9-8-23-15-16-11-4-2-1-3-10(11)14(21)19(9)15/h5-6,9H,1-4,7-8H2,(H,17,18,20). The van der Waals surface area contributed by atoms with Gasteiger partial charge in [0, 0.05) is 23.8 Å². The summed E-state index contributed by atoms with van der Waals surface area (Å²) in [6.07, 6.45) is 5.44. The molecule has 1 aliphatic heterocycles. The molecule has 0 spiro atoms. The van der Waals surface area contributed by atoms with Crippen molar-refractivity contribution in [3.8, 4) is 0 Å². The number of carbonyl (C=O) groups excluding carboxylic acids is 1. The van der Waals surface area contributed by atoms with Crippen molar-refractivity contribution >= 4 is 23.5 Å². The number of anilines is 1. The average molecular weight is 332 g/mol. The Morgan fingerprint density at radius 3 is 3.13 bits per heavy atom. The fraction of sp³-hybridized carbons (Fsp3) is 0.467. The maximum Gasteiger partial charge on any atom is 0.257 e.